The van der Waals surface area contributed by atoms with E-state index in [1.165, 1.54) is 4.72 Å². The van der Waals surface area contributed by atoms with Crippen LogP contribution in [0.3, 0.4) is 0 Å². The van der Waals surface area contributed by atoms with Gasteiger partial charge in [-0.25, -0.2) is 21.9 Å². The van der Waals surface area contributed by atoms with Gasteiger partial charge in [0.15, 0.2) is 4.90 Å². The lowest BCUT2D eigenvalue weighted by atomic mass is 10.3. The molecule has 0 atom stereocenters. The van der Waals surface area contributed by atoms with Gasteiger partial charge in [0.2, 0.25) is 10.0 Å². The van der Waals surface area contributed by atoms with Crippen molar-refractivity contribution >= 4 is 21.4 Å². The van der Waals surface area contributed by atoms with E-state index in [1.807, 2.05) is 0 Å². The summed E-state index contributed by atoms with van der Waals surface area (Å²) in [6.45, 7) is -1.90. The fourth-order valence-electron chi connectivity index (χ4n) is 1.30. The first-order valence-corrected chi connectivity index (χ1v) is 6.66. The lowest BCUT2D eigenvalue weighted by Crippen LogP contribution is -2.41. The summed E-state index contributed by atoms with van der Waals surface area (Å²) in [5.74, 6) is -4.61. The molecular formula is C9H9F4N3O4S. The normalized spacial score (nSPS) is 12.6. The summed E-state index contributed by atoms with van der Waals surface area (Å²) in [7, 11) is -4.81. The number of nitrogen functional groups attached to an aromatic ring is 1. The molecule has 1 rings (SSSR count). The molecule has 0 amide bonds. The van der Waals surface area contributed by atoms with Crippen LogP contribution < -0.4 is 10.5 Å². The van der Waals surface area contributed by atoms with E-state index in [2.05, 4.69) is 0 Å². The van der Waals surface area contributed by atoms with Crippen molar-refractivity contribution in [1.29, 1.82) is 0 Å². The molecule has 0 bridgehead atoms. The summed E-state index contributed by atoms with van der Waals surface area (Å²) in [5.41, 5.74) is 3.71. The first-order valence-electron chi connectivity index (χ1n) is 5.17. The zero-order chi connectivity index (χ0) is 16.4. The fourth-order valence-corrected chi connectivity index (χ4v) is 2.54. The van der Waals surface area contributed by atoms with E-state index < -0.39 is 50.1 Å². The number of rotatable bonds is 6. The highest BCUT2D eigenvalue weighted by molar-refractivity contribution is 7.89. The van der Waals surface area contributed by atoms with Gasteiger partial charge in [0.1, 0.15) is 5.69 Å². The number of sulfonamides is 1. The number of alkyl halides is 4. The summed E-state index contributed by atoms with van der Waals surface area (Å²) in [5, 5.41) is 10.8. The standard InChI is InChI=1S/C9H9F4N3O4S/c10-8(11)9(12,13)4-15-21(19,20)6-3-1-2-5(14)7(6)16(17)18/h1-3,8,15H,4,14H2. The molecule has 0 aromatic heterocycles. The average molecular weight is 331 g/mol. The van der Waals surface area contributed by atoms with Crippen molar-refractivity contribution in [2.45, 2.75) is 17.2 Å². The predicted molar refractivity (Wildman–Crippen MR) is 63.6 cm³/mol. The van der Waals surface area contributed by atoms with Gasteiger partial charge in [0.05, 0.1) is 11.5 Å². The highest BCUT2D eigenvalue weighted by Gasteiger charge is 2.42. The molecule has 7 nitrogen and oxygen atoms in total. The van der Waals surface area contributed by atoms with Crippen molar-refractivity contribution in [2.75, 3.05) is 12.3 Å². The molecule has 118 valence electrons. The molecule has 0 fully saturated rings. The number of hydrogen-bond donors (Lipinski definition) is 2. The van der Waals surface area contributed by atoms with Crippen LogP contribution >= 0.6 is 0 Å². The number of nitrogens with two attached hydrogens (primary N) is 1. The number of nitrogens with one attached hydrogen (secondary N) is 1. The number of hydrogen-bond acceptors (Lipinski definition) is 5. The Morgan fingerprint density at radius 1 is 1.38 bits per heavy atom. The third kappa shape index (κ3) is 3.78. The lowest BCUT2D eigenvalue weighted by molar-refractivity contribution is -0.386. The molecule has 0 spiro atoms. The molecular weight excluding hydrogens is 322 g/mol. The quantitative estimate of drug-likeness (QED) is 0.353. The Morgan fingerprint density at radius 3 is 2.43 bits per heavy atom. The van der Waals surface area contributed by atoms with E-state index in [1.54, 1.807) is 0 Å². The molecule has 0 saturated carbocycles. The van der Waals surface area contributed by atoms with E-state index in [4.69, 9.17) is 5.73 Å². The van der Waals surface area contributed by atoms with E-state index in [-0.39, 0.29) is 0 Å². The van der Waals surface area contributed by atoms with Crippen molar-refractivity contribution in [1.82, 2.24) is 4.72 Å². The van der Waals surface area contributed by atoms with Gasteiger partial charge in [-0.15, -0.1) is 0 Å². The van der Waals surface area contributed by atoms with E-state index in [0.29, 0.717) is 0 Å². The molecule has 0 aliphatic carbocycles. The molecule has 1 aromatic carbocycles. The maximum atomic E-state index is 12.7. The summed E-state index contributed by atoms with van der Waals surface area (Å²) in [6, 6.07) is 2.82. The Labute approximate surface area is 115 Å². The maximum absolute atomic E-state index is 12.7. The van der Waals surface area contributed by atoms with Crippen molar-refractivity contribution in [3.05, 3.63) is 28.3 Å². The van der Waals surface area contributed by atoms with Gasteiger partial charge in [0, 0.05) is 0 Å². The smallest absolute Gasteiger partial charge is 0.320 e. The van der Waals surface area contributed by atoms with Gasteiger partial charge in [-0.3, -0.25) is 10.1 Å². The molecule has 0 heterocycles. The Hall–Kier alpha value is -1.95. The second-order valence-electron chi connectivity index (χ2n) is 3.84. The van der Waals surface area contributed by atoms with Crippen LogP contribution in [0, 0.1) is 10.1 Å². The minimum atomic E-state index is -4.81. The van der Waals surface area contributed by atoms with Gasteiger partial charge >= 0.3 is 18.0 Å². The number of nitro groups is 1. The Balaban J connectivity index is 3.16. The molecule has 0 unspecified atom stereocenters. The molecule has 0 aliphatic rings. The van der Waals surface area contributed by atoms with E-state index in [9.17, 15) is 36.1 Å². The Morgan fingerprint density at radius 2 is 1.95 bits per heavy atom. The van der Waals surface area contributed by atoms with Crippen LogP contribution in [-0.2, 0) is 10.0 Å². The second kappa shape index (κ2) is 5.81. The summed E-state index contributed by atoms with van der Waals surface area (Å²) in [6.07, 6.45) is -4.09. The fraction of sp³-hybridized carbons (Fsp3) is 0.333. The highest BCUT2D eigenvalue weighted by Crippen LogP contribution is 2.30. The van der Waals surface area contributed by atoms with Crippen LogP contribution in [0.5, 0.6) is 0 Å². The molecule has 0 saturated heterocycles. The summed E-state index contributed by atoms with van der Waals surface area (Å²) >= 11 is 0. The number of halogens is 4. The van der Waals surface area contributed by atoms with Crippen LogP contribution in [0.2, 0.25) is 0 Å². The Bertz CT molecular complexity index is 650. The lowest BCUT2D eigenvalue weighted by Gasteiger charge is -2.16. The molecule has 1 aromatic rings. The minimum absolute atomic E-state index is 0.511. The van der Waals surface area contributed by atoms with Crippen molar-refractivity contribution in [3.8, 4) is 0 Å². The zero-order valence-corrected chi connectivity index (χ0v) is 10.9. The molecule has 12 heteroatoms. The third-order valence-corrected chi connectivity index (χ3v) is 3.75. The minimum Gasteiger partial charge on any atom is -0.393 e. The van der Waals surface area contributed by atoms with Crippen LogP contribution in [0.25, 0.3) is 0 Å². The number of para-hydroxylation sites is 1. The first kappa shape index (κ1) is 17.1. The summed E-state index contributed by atoms with van der Waals surface area (Å²) in [4.78, 5) is 8.66. The second-order valence-corrected chi connectivity index (χ2v) is 5.57. The summed E-state index contributed by atoms with van der Waals surface area (Å²) < 4.78 is 73.9. The average Bonchev–Trinajstić information content (AvgIpc) is 2.35. The number of nitro benzene ring substituents is 1. The van der Waals surface area contributed by atoms with Crippen LogP contribution in [0.4, 0.5) is 28.9 Å². The van der Waals surface area contributed by atoms with Gasteiger partial charge in [-0.2, -0.15) is 8.78 Å². The van der Waals surface area contributed by atoms with Crippen molar-refractivity contribution in [2.24, 2.45) is 0 Å². The first-order chi connectivity index (χ1) is 9.49. The van der Waals surface area contributed by atoms with Crippen LogP contribution in [0.15, 0.2) is 23.1 Å². The molecule has 3 N–H and O–H groups in total. The predicted octanol–water partition coefficient (Wildman–Crippen LogP) is 1.36. The Kier molecular flexibility index (Phi) is 4.73. The maximum Gasteiger partial charge on any atom is 0.320 e. The number of anilines is 1. The monoisotopic (exact) mass is 331 g/mol. The molecule has 21 heavy (non-hydrogen) atoms. The highest BCUT2D eigenvalue weighted by atomic mass is 32.2. The largest absolute Gasteiger partial charge is 0.393 e. The van der Waals surface area contributed by atoms with Crippen LogP contribution in [-0.4, -0.2) is 32.2 Å². The zero-order valence-electron chi connectivity index (χ0n) is 10.1. The number of benzene rings is 1. The van der Waals surface area contributed by atoms with Gasteiger partial charge < -0.3 is 5.73 Å². The molecule has 0 aliphatic heterocycles. The van der Waals surface area contributed by atoms with Crippen molar-refractivity contribution in [3.63, 3.8) is 0 Å². The van der Waals surface area contributed by atoms with E-state index in [0.717, 1.165) is 18.2 Å². The third-order valence-electron chi connectivity index (χ3n) is 2.32. The topological polar surface area (TPSA) is 115 Å². The van der Waals surface area contributed by atoms with Gasteiger partial charge in [0.25, 0.3) is 0 Å². The van der Waals surface area contributed by atoms with Gasteiger partial charge in [-0.1, -0.05) is 6.07 Å². The number of nitrogens with zero attached hydrogens (tertiary/aromatic N) is 1. The SMILES string of the molecule is Nc1cccc(S(=O)(=O)NCC(F)(F)C(F)F)c1[N+](=O)[O-]. The molecule has 0 radical (unpaired) electrons. The van der Waals surface area contributed by atoms with E-state index >= 15 is 0 Å². The van der Waals surface area contributed by atoms with Gasteiger partial charge in [-0.05, 0) is 12.1 Å². The van der Waals surface area contributed by atoms with Crippen LogP contribution in [0.1, 0.15) is 0 Å². The van der Waals surface area contributed by atoms with Crippen molar-refractivity contribution < 1.29 is 30.9 Å².